The number of aryl methyl sites for hydroxylation is 1. The summed E-state index contributed by atoms with van der Waals surface area (Å²) in [6.45, 7) is 22.4. The van der Waals surface area contributed by atoms with Crippen molar-refractivity contribution >= 4 is 77.6 Å². The summed E-state index contributed by atoms with van der Waals surface area (Å²) in [5, 5.41) is 8.35. The number of nitrogens with one attached hydrogen (secondary N) is 1. The number of carbonyl (C=O) groups excluding carboxylic acids is 2. The molecule has 0 aromatic heterocycles. The predicted molar refractivity (Wildman–Crippen MR) is 236 cm³/mol. The minimum Gasteiger partial charge on any atom is -0.453 e. The molecule has 2 heterocycles. The third kappa shape index (κ3) is 13.0. The lowest BCUT2D eigenvalue weighted by molar-refractivity contribution is -0.324. The van der Waals surface area contributed by atoms with Gasteiger partial charge in [-0.25, -0.2) is 4.79 Å². The zero-order chi connectivity index (χ0) is 43.5. The van der Waals surface area contributed by atoms with Crippen molar-refractivity contribution < 1.29 is 51.3 Å². The molecule has 1 aromatic carbocycles. The van der Waals surface area contributed by atoms with Crippen molar-refractivity contribution in [2.24, 2.45) is 0 Å². The number of alkyl halides is 3. The molecule has 12 nitrogen and oxygen atoms in total. The highest BCUT2D eigenvalue weighted by Crippen LogP contribution is 2.39. The number of hydrogen-bond acceptors (Lipinski definition) is 12. The molecule has 0 bridgehead atoms. The molecular formula is C40H68Cl3NO11Si3. The monoisotopic (exact) mass is 927 g/mol. The number of carbonyl (C=O) groups is 2. The molecule has 0 amide bonds. The quantitative estimate of drug-likeness (QED) is 0.0414. The maximum absolute atomic E-state index is 14.2. The molecule has 8 atom stereocenters. The van der Waals surface area contributed by atoms with E-state index < -0.39 is 95.8 Å². The van der Waals surface area contributed by atoms with E-state index in [2.05, 4.69) is 62.3 Å². The summed E-state index contributed by atoms with van der Waals surface area (Å²) in [4.78, 5) is 27.0. The fraction of sp³-hybridized carbons (Fsp3) is 0.775. The van der Waals surface area contributed by atoms with Crippen molar-refractivity contribution in [1.82, 2.24) is 0 Å². The number of halogens is 3. The lowest BCUT2D eigenvalue weighted by atomic mass is 10.0. The van der Waals surface area contributed by atoms with Gasteiger partial charge in [0.25, 0.3) is 3.79 Å². The fourth-order valence-corrected chi connectivity index (χ4v) is 16.5. The van der Waals surface area contributed by atoms with Crippen LogP contribution in [0.1, 0.15) is 85.2 Å². The standard InChI is InChI=1S/C40H68Cl3NO11Si3/c1-12-56(13-2,14-3)53-30-25-48-38(52-39(44)40(41,42)43)34(49-28(11)45)32(30)51-37-35(50-36(46)29-23-21-27(10)22-24-29)33(55-58(18-7,19-8)20-9)31(26-47-37)54-57(15-4,16-5)17-6/h21-24,30-35,37-38,44H,12-20,25-26H2,1-11H3/t30-,31+,32-,33-,34+,35+,37-,38?/m0/s1. The van der Waals surface area contributed by atoms with Gasteiger partial charge in [0.1, 0.15) is 12.2 Å². The molecule has 332 valence electrons. The van der Waals surface area contributed by atoms with Crippen LogP contribution in [-0.2, 0) is 46.5 Å². The molecule has 0 spiro atoms. The van der Waals surface area contributed by atoms with Gasteiger partial charge in [0.2, 0.25) is 12.2 Å². The van der Waals surface area contributed by atoms with Gasteiger partial charge in [-0.2, -0.15) is 0 Å². The number of benzene rings is 1. The molecule has 2 fully saturated rings. The van der Waals surface area contributed by atoms with Crippen LogP contribution in [0.3, 0.4) is 0 Å². The van der Waals surface area contributed by atoms with Gasteiger partial charge >= 0.3 is 11.9 Å². The Morgan fingerprint density at radius 1 is 0.638 bits per heavy atom. The second-order valence-electron chi connectivity index (χ2n) is 15.4. The molecule has 1 unspecified atom stereocenters. The molecule has 1 N–H and O–H groups in total. The summed E-state index contributed by atoms with van der Waals surface area (Å²) in [5.74, 6) is -1.99. The van der Waals surface area contributed by atoms with Crippen molar-refractivity contribution in [2.75, 3.05) is 13.2 Å². The number of ether oxygens (including phenoxy) is 6. The molecule has 0 aliphatic carbocycles. The lowest BCUT2D eigenvalue weighted by Gasteiger charge is -2.50. The first kappa shape index (κ1) is 51.3. The van der Waals surface area contributed by atoms with Gasteiger partial charge in [-0.15, -0.1) is 0 Å². The summed E-state index contributed by atoms with van der Waals surface area (Å²) in [6.07, 6.45) is -8.38. The molecule has 1 aromatic rings. The van der Waals surface area contributed by atoms with Gasteiger partial charge in [-0.05, 0) is 73.5 Å². The van der Waals surface area contributed by atoms with Gasteiger partial charge in [-0.3, -0.25) is 10.2 Å². The Morgan fingerprint density at radius 2 is 1.05 bits per heavy atom. The predicted octanol–water partition coefficient (Wildman–Crippen LogP) is 10.1. The van der Waals surface area contributed by atoms with Crippen LogP contribution in [0.4, 0.5) is 0 Å². The van der Waals surface area contributed by atoms with E-state index in [4.69, 9.17) is 81.9 Å². The maximum atomic E-state index is 14.2. The topological polar surface area (TPSA) is 141 Å². The molecular weight excluding hydrogens is 861 g/mol. The van der Waals surface area contributed by atoms with E-state index in [0.29, 0.717) is 5.56 Å². The van der Waals surface area contributed by atoms with E-state index in [1.807, 2.05) is 19.1 Å². The molecule has 18 heteroatoms. The van der Waals surface area contributed by atoms with Crippen LogP contribution < -0.4 is 0 Å². The third-order valence-electron chi connectivity index (χ3n) is 12.4. The van der Waals surface area contributed by atoms with Crippen molar-refractivity contribution in [1.29, 1.82) is 5.41 Å². The van der Waals surface area contributed by atoms with Crippen LogP contribution in [0.5, 0.6) is 0 Å². The zero-order valence-corrected chi connectivity index (χ0v) is 41.6. The highest BCUT2D eigenvalue weighted by Gasteiger charge is 2.55. The second kappa shape index (κ2) is 22.8. The van der Waals surface area contributed by atoms with Crippen molar-refractivity contribution in [3.63, 3.8) is 0 Å². The largest absolute Gasteiger partial charge is 0.453 e. The Morgan fingerprint density at radius 3 is 1.48 bits per heavy atom. The van der Waals surface area contributed by atoms with Crippen LogP contribution in [0, 0.1) is 12.3 Å². The minimum absolute atomic E-state index is 0.0731. The fourth-order valence-electron chi connectivity index (χ4n) is 7.81. The molecule has 0 saturated carbocycles. The summed E-state index contributed by atoms with van der Waals surface area (Å²) in [5.41, 5.74) is 1.34. The van der Waals surface area contributed by atoms with E-state index in [9.17, 15) is 9.59 Å². The maximum Gasteiger partial charge on any atom is 0.338 e. The Kier molecular flexibility index (Phi) is 20.2. The van der Waals surface area contributed by atoms with Gasteiger partial charge in [0, 0.05) is 6.92 Å². The average Bonchev–Trinajstić information content (AvgIpc) is 3.21. The van der Waals surface area contributed by atoms with Crippen LogP contribution in [0.2, 0.25) is 54.4 Å². The van der Waals surface area contributed by atoms with Gasteiger partial charge in [-0.1, -0.05) is 115 Å². The van der Waals surface area contributed by atoms with E-state index in [0.717, 1.165) is 60.0 Å². The second-order valence-corrected chi connectivity index (χ2v) is 31.8. The Hall–Kier alpha value is -1.09. The van der Waals surface area contributed by atoms with Crippen LogP contribution >= 0.6 is 34.8 Å². The molecule has 3 rings (SSSR count). The summed E-state index contributed by atoms with van der Waals surface area (Å²) in [6, 6.07) is 14.7. The highest BCUT2D eigenvalue weighted by molar-refractivity contribution is 6.76. The molecule has 0 radical (unpaired) electrons. The van der Waals surface area contributed by atoms with E-state index in [1.165, 1.54) is 6.92 Å². The highest BCUT2D eigenvalue weighted by atomic mass is 35.6. The average molecular weight is 930 g/mol. The zero-order valence-electron chi connectivity index (χ0n) is 36.3. The van der Waals surface area contributed by atoms with Crippen molar-refractivity contribution in [3.05, 3.63) is 35.4 Å². The van der Waals surface area contributed by atoms with Crippen molar-refractivity contribution in [3.8, 4) is 0 Å². The summed E-state index contributed by atoms with van der Waals surface area (Å²) in [7, 11) is -7.05. The first-order valence-corrected chi connectivity index (χ1v) is 29.8. The normalized spacial score (nSPS) is 25.9. The van der Waals surface area contributed by atoms with Gasteiger partial charge < -0.3 is 41.7 Å². The van der Waals surface area contributed by atoms with E-state index >= 15 is 0 Å². The lowest BCUT2D eigenvalue weighted by Crippen LogP contribution is -2.66. The molecule has 2 saturated heterocycles. The van der Waals surface area contributed by atoms with Crippen LogP contribution in [0.15, 0.2) is 24.3 Å². The number of hydrogen-bond donors (Lipinski definition) is 1. The Labute approximate surface area is 364 Å². The Balaban J connectivity index is 2.26. The van der Waals surface area contributed by atoms with Gasteiger partial charge in [0.05, 0.1) is 31.0 Å². The SMILES string of the molecule is CC[Si](CC)(CC)O[C@@H]1[C@@H](OC(=O)c2ccc(C)cc2)[C@H](O[C@H]2[C@@H](O[Si](CC)(CC)CC)COC(OC(=N)C(Cl)(Cl)Cl)[C@@H]2OC(C)=O)OC[C@H]1O[Si](CC)(CC)CC. The molecule has 2 aliphatic rings. The third-order valence-corrected chi connectivity index (χ3v) is 26.9. The summed E-state index contributed by atoms with van der Waals surface area (Å²) >= 11 is 18.1. The van der Waals surface area contributed by atoms with Crippen LogP contribution in [-0.4, -0.2) is 109 Å². The summed E-state index contributed by atoms with van der Waals surface area (Å²) < 4.78 is 57.2. The smallest absolute Gasteiger partial charge is 0.338 e. The van der Waals surface area contributed by atoms with E-state index in [1.54, 1.807) is 12.1 Å². The first-order chi connectivity index (χ1) is 27.4. The van der Waals surface area contributed by atoms with Crippen LogP contribution in [0.25, 0.3) is 0 Å². The Bertz CT molecular complexity index is 1440. The van der Waals surface area contributed by atoms with E-state index in [-0.39, 0.29) is 13.2 Å². The van der Waals surface area contributed by atoms with Crippen molar-refractivity contribution in [2.45, 2.75) is 184 Å². The number of esters is 2. The molecule has 2 aliphatic heterocycles. The van der Waals surface area contributed by atoms with Gasteiger partial charge in [0.15, 0.2) is 43.5 Å². The number of rotatable bonds is 21. The first-order valence-electron chi connectivity index (χ1n) is 21.1. The minimum atomic E-state index is -2.41. The molecule has 58 heavy (non-hydrogen) atoms.